The number of benzene rings is 1. The van der Waals surface area contributed by atoms with Crippen molar-refractivity contribution in [3.05, 3.63) is 59.1 Å². The van der Waals surface area contributed by atoms with Crippen molar-refractivity contribution in [2.45, 2.75) is 32.9 Å². The molecule has 1 atom stereocenters. The Morgan fingerprint density at radius 1 is 1.20 bits per heavy atom. The normalized spacial score (nSPS) is 12.0. The fourth-order valence-electron chi connectivity index (χ4n) is 3.23. The van der Waals surface area contributed by atoms with E-state index in [1.807, 2.05) is 50.4 Å². The van der Waals surface area contributed by atoms with Crippen LogP contribution in [0.5, 0.6) is 0 Å². The molecule has 2 aromatic heterocycles. The van der Waals surface area contributed by atoms with Crippen LogP contribution in [0, 0.1) is 13.8 Å². The molecule has 0 unspecified atom stereocenters. The Morgan fingerprint density at radius 3 is 2.67 bits per heavy atom. The number of likely N-dealkylation sites (N-methyl/N-ethyl adjacent to an activating group) is 1. The van der Waals surface area contributed by atoms with Gasteiger partial charge >= 0.3 is 0 Å². The van der Waals surface area contributed by atoms with Crippen LogP contribution in [-0.2, 0) is 11.3 Å². The van der Waals surface area contributed by atoms with E-state index >= 15 is 0 Å². The molecule has 7 nitrogen and oxygen atoms in total. The third kappa shape index (κ3) is 4.99. The van der Waals surface area contributed by atoms with E-state index in [2.05, 4.69) is 15.5 Å². The lowest BCUT2D eigenvalue weighted by Crippen LogP contribution is -2.47. The number of nitrogens with zero attached hydrogens (tertiary/aromatic N) is 3. The van der Waals surface area contributed by atoms with Crippen molar-refractivity contribution in [3.8, 4) is 0 Å². The number of nitrogens with one attached hydrogen (secondary N) is 1. The van der Waals surface area contributed by atoms with Gasteiger partial charge in [0.05, 0.1) is 17.8 Å². The Balaban J connectivity index is 1.75. The van der Waals surface area contributed by atoms with Gasteiger partial charge in [0.1, 0.15) is 17.5 Å². The van der Waals surface area contributed by atoms with E-state index in [0.29, 0.717) is 24.4 Å². The fraction of sp³-hybridized carbons (Fsp3) is 0.364. The first-order valence-corrected chi connectivity index (χ1v) is 11.1. The van der Waals surface area contributed by atoms with Crippen LogP contribution in [0.2, 0.25) is 0 Å². The third-order valence-corrected chi connectivity index (χ3v) is 5.64. The molecule has 8 heteroatoms. The lowest BCUT2D eigenvalue weighted by molar-refractivity contribution is -0.132. The number of fused-ring (bicyclic) bond motifs is 1. The summed E-state index contributed by atoms with van der Waals surface area (Å²) in [6.45, 7) is 4.05. The smallest absolute Gasteiger partial charge is 0.270 e. The number of carbonyl (C=O) groups excluding carboxylic acids is 2. The number of amides is 2. The molecule has 3 aromatic rings. The number of hydrogen-bond acceptors (Lipinski definition) is 6. The van der Waals surface area contributed by atoms with Gasteiger partial charge in [0, 0.05) is 18.0 Å². The van der Waals surface area contributed by atoms with Gasteiger partial charge in [-0.05, 0) is 44.4 Å². The summed E-state index contributed by atoms with van der Waals surface area (Å²) in [7, 11) is 1.72. The standard InChI is InChI=1S/C22H26N4O3S/c1-14-17(15(2)29-25-14)13-26(3)22(28)20(11-12-30-4)24-21(27)19-10-9-16-7-5-6-8-18(16)23-19/h5-10,20H,11-13H2,1-4H3,(H,24,27)/t20-/m0/s1. The summed E-state index contributed by atoms with van der Waals surface area (Å²) >= 11 is 1.63. The van der Waals surface area contributed by atoms with Crippen LogP contribution >= 0.6 is 11.8 Å². The maximum absolute atomic E-state index is 13.1. The molecular weight excluding hydrogens is 400 g/mol. The van der Waals surface area contributed by atoms with Gasteiger partial charge in [-0.3, -0.25) is 9.59 Å². The average Bonchev–Trinajstić information content (AvgIpc) is 3.07. The van der Waals surface area contributed by atoms with E-state index in [1.165, 1.54) is 0 Å². The molecular formula is C22H26N4O3S. The molecule has 2 heterocycles. The predicted molar refractivity (Wildman–Crippen MR) is 118 cm³/mol. The molecule has 0 bridgehead atoms. The van der Waals surface area contributed by atoms with Crippen molar-refractivity contribution < 1.29 is 14.1 Å². The molecule has 0 fully saturated rings. The molecule has 30 heavy (non-hydrogen) atoms. The van der Waals surface area contributed by atoms with Gasteiger partial charge in [0.2, 0.25) is 5.91 Å². The van der Waals surface area contributed by atoms with Crippen LogP contribution in [0.25, 0.3) is 10.9 Å². The minimum atomic E-state index is -0.635. The molecule has 0 aliphatic carbocycles. The monoisotopic (exact) mass is 426 g/mol. The van der Waals surface area contributed by atoms with Gasteiger partial charge < -0.3 is 14.7 Å². The minimum Gasteiger partial charge on any atom is -0.361 e. The summed E-state index contributed by atoms with van der Waals surface area (Å²) in [4.78, 5) is 32.0. The van der Waals surface area contributed by atoms with Crippen LogP contribution in [0.4, 0.5) is 0 Å². The van der Waals surface area contributed by atoms with Gasteiger partial charge in [-0.1, -0.05) is 29.4 Å². The second kappa shape index (κ2) is 9.75. The van der Waals surface area contributed by atoms with Crippen molar-refractivity contribution in [1.29, 1.82) is 0 Å². The molecule has 0 saturated heterocycles. The molecule has 3 rings (SSSR count). The Labute approximate surface area is 180 Å². The van der Waals surface area contributed by atoms with Crippen molar-refractivity contribution >= 4 is 34.5 Å². The fourth-order valence-corrected chi connectivity index (χ4v) is 3.70. The highest BCUT2D eigenvalue weighted by Gasteiger charge is 2.26. The predicted octanol–water partition coefficient (Wildman–Crippen LogP) is 3.35. The average molecular weight is 427 g/mol. The Kier molecular flexibility index (Phi) is 7.10. The summed E-state index contributed by atoms with van der Waals surface area (Å²) in [5.41, 5.74) is 2.69. The number of aryl methyl sites for hydroxylation is 2. The molecule has 0 aliphatic rings. The quantitative estimate of drug-likeness (QED) is 0.594. The van der Waals surface area contributed by atoms with Gasteiger partial charge in [-0.2, -0.15) is 11.8 Å². The molecule has 158 valence electrons. The molecule has 2 amide bonds. The van der Waals surface area contributed by atoms with Gasteiger partial charge in [-0.15, -0.1) is 0 Å². The van der Waals surface area contributed by atoms with Gasteiger partial charge in [0.15, 0.2) is 0 Å². The largest absolute Gasteiger partial charge is 0.361 e. The minimum absolute atomic E-state index is 0.154. The zero-order valence-electron chi connectivity index (χ0n) is 17.6. The first kappa shape index (κ1) is 21.8. The molecule has 1 N–H and O–H groups in total. The van der Waals surface area contributed by atoms with Crippen molar-refractivity contribution in [3.63, 3.8) is 0 Å². The number of aromatic nitrogens is 2. The first-order valence-electron chi connectivity index (χ1n) is 9.73. The van der Waals surface area contributed by atoms with Crippen LogP contribution in [0.3, 0.4) is 0 Å². The second-order valence-corrected chi connectivity index (χ2v) is 8.18. The molecule has 0 saturated carbocycles. The van der Waals surface area contributed by atoms with Gasteiger partial charge in [-0.25, -0.2) is 4.98 Å². The van der Waals surface area contributed by atoms with Crippen LogP contribution in [0.1, 0.15) is 33.9 Å². The highest BCUT2D eigenvalue weighted by Crippen LogP contribution is 2.16. The lowest BCUT2D eigenvalue weighted by atomic mass is 10.1. The second-order valence-electron chi connectivity index (χ2n) is 7.19. The van der Waals surface area contributed by atoms with E-state index < -0.39 is 6.04 Å². The molecule has 1 aromatic carbocycles. The summed E-state index contributed by atoms with van der Waals surface area (Å²) < 4.78 is 5.19. The molecule has 0 aliphatic heterocycles. The summed E-state index contributed by atoms with van der Waals surface area (Å²) in [5, 5.41) is 7.78. The number of rotatable bonds is 8. The number of pyridine rings is 1. The number of para-hydroxylation sites is 1. The SMILES string of the molecule is CSCC[C@H](NC(=O)c1ccc2ccccc2n1)C(=O)N(C)Cc1c(C)noc1C. The zero-order valence-corrected chi connectivity index (χ0v) is 18.5. The van der Waals surface area contributed by atoms with E-state index in [0.717, 1.165) is 27.9 Å². The Bertz CT molecular complexity index is 1030. The van der Waals surface area contributed by atoms with Crippen LogP contribution in [-0.4, -0.2) is 52.0 Å². The van der Waals surface area contributed by atoms with E-state index in [1.54, 1.807) is 29.8 Å². The van der Waals surface area contributed by atoms with E-state index in [4.69, 9.17) is 4.52 Å². The highest BCUT2D eigenvalue weighted by atomic mass is 32.2. The number of hydrogen-bond donors (Lipinski definition) is 1. The van der Waals surface area contributed by atoms with Crippen molar-refractivity contribution in [1.82, 2.24) is 20.4 Å². The van der Waals surface area contributed by atoms with Crippen LogP contribution < -0.4 is 5.32 Å². The number of carbonyl (C=O) groups is 2. The highest BCUT2D eigenvalue weighted by molar-refractivity contribution is 7.98. The Morgan fingerprint density at radius 2 is 1.97 bits per heavy atom. The number of thioether (sulfide) groups is 1. The third-order valence-electron chi connectivity index (χ3n) is 5.00. The van der Waals surface area contributed by atoms with Crippen molar-refractivity contribution in [2.75, 3.05) is 19.1 Å². The molecule has 0 radical (unpaired) electrons. The maximum Gasteiger partial charge on any atom is 0.270 e. The summed E-state index contributed by atoms with van der Waals surface area (Å²) in [5.74, 6) is 0.933. The van der Waals surface area contributed by atoms with E-state index in [-0.39, 0.29) is 11.8 Å². The maximum atomic E-state index is 13.1. The lowest BCUT2D eigenvalue weighted by Gasteiger charge is -2.24. The topological polar surface area (TPSA) is 88.3 Å². The van der Waals surface area contributed by atoms with Crippen LogP contribution in [0.15, 0.2) is 40.9 Å². The van der Waals surface area contributed by atoms with Crippen molar-refractivity contribution in [2.24, 2.45) is 0 Å². The zero-order chi connectivity index (χ0) is 21.7. The van der Waals surface area contributed by atoms with E-state index in [9.17, 15) is 9.59 Å². The van der Waals surface area contributed by atoms with Gasteiger partial charge in [0.25, 0.3) is 5.91 Å². The summed E-state index contributed by atoms with van der Waals surface area (Å²) in [6.07, 6.45) is 2.51. The summed E-state index contributed by atoms with van der Waals surface area (Å²) in [6, 6.07) is 10.5. The first-order chi connectivity index (χ1) is 14.4. The molecule has 0 spiro atoms. The Hall–Kier alpha value is -2.87.